The number of halogens is 2. The van der Waals surface area contributed by atoms with Gasteiger partial charge in [-0.3, -0.25) is 0 Å². The lowest BCUT2D eigenvalue weighted by molar-refractivity contribution is 0.197. The highest BCUT2D eigenvalue weighted by atomic mass is 32.2. The summed E-state index contributed by atoms with van der Waals surface area (Å²) in [5.41, 5.74) is 0.739. The Balaban J connectivity index is 1.36. The Morgan fingerprint density at radius 3 is 2.72 bits per heavy atom. The molecule has 2 bridgehead atoms. The molecule has 2 aromatic heterocycles. The summed E-state index contributed by atoms with van der Waals surface area (Å²) in [6, 6.07) is 8.26. The highest BCUT2D eigenvalue weighted by Crippen LogP contribution is 2.70. The molecular weight excluding hydrogens is 522 g/mol. The molecule has 2 saturated carbocycles. The van der Waals surface area contributed by atoms with Gasteiger partial charge in [-0.25, -0.2) is 31.8 Å². The molecule has 1 aromatic carbocycles. The topological polar surface area (TPSA) is 102 Å². The van der Waals surface area contributed by atoms with E-state index in [1.165, 1.54) is 18.4 Å². The molecule has 6 rings (SSSR count). The predicted octanol–water partition coefficient (Wildman–Crippen LogP) is 5.02. The summed E-state index contributed by atoms with van der Waals surface area (Å²) in [5.74, 6) is -0.0424. The molecule has 0 radical (unpaired) electrons. The van der Waals surface area contributed by atoms with E-state index in [9.17, 15) is 17.2 Å². The summed E-state index contributed by atoms with van der Waals surface area (Å²) in [5, 5.41) is 13.6. The van der Waals surface area contributed by atoms with Crippen molar-refractivity contribution in [1.82, 2.24) is 19.7 Å². The van der Waals surface area contributed by atoms with Gasteiger partial charge in [-0.15, -0.1) is 5.10 Å². The van der Waals surface area contributed by atoms with Gasteiger partial charge in [0.05, 0.1) is 28.7 Å². The maximum absolute atomic E-state index is 14.9. The van der Waals surface area contributed by atoms with Crippen LogP contribution in [0.5, 0.6) is 0 Å². The molecule has 4 atom stereocenters. The summed E-state index contributed by atoms with van der Waals surface area (Å²) in [4.78, 5) is 9.29. The van der Waals surface area contributed by atoms with Crippen LogP contribution in [0.25, 0.3) is 11.5 Å². The third-order valence-corrected chi connectivity index (χ3v) is 10.0. The second kappa shape index (κ2) is 8.84. The number of benzene rings is 1. The number of hydrogen-bond acceptors (Lipinski definition) is 7. The molecule has 0 spiro atoms. The third-order valence-electron chi connectivity index (χ3n) is 9.10. The van der Waals surface area contributed by atoms with E-state index in [-0.39, 0.29) is 46.7 Å². The number of aryl methyl sites for hydroxylation is 2. The van der Waals surface area contributed by atoms with Crippen molar-refractivity contribution >= 4 is 15.5 Å². The zero-order valence-corrected chi connectivity index (χ0v) is 23.1. The molecule has 8 nitrogen and oxygen atoms in total. The summed E-state index contributed by atoms with van der Waals surface area (Å²) >= 11 is 0. The fourth-order valence-corrected chi connectivity index (χ4v) is 7.66. The van der Waals surface area contributed by atoms with Gasteiger partial charge < -0.3 is 0 Å². The van der Waals surface area contributed by atoms with Crippen LogP contribution in [0.15, 0.2) is 53.0 Å². The molecule has 0 amide bonds. The number of sulfone groups is 1. The third kappa shape index (κ3) is 3.96. The average molecular weight is 553 g/mol. The Kier molecular flexibility index (Phi) is 5.87. The standard InChI is InChI=1S/C28H30F2N6O2S/c1-16-8-9-19(29)24(25(16)30)20-14-17-18-10-12-28(27(18,2)3,26(17)34-33-20)21-6-5-7-23(32-21)36-15-31-22(35-36)11-13-39(4,37)38/h5-9,14-15,17-18,26H,10-13H2,1-4H3/t17?,18-,26?,28-/m0/s1. The smallest absolute Gasteiger partial charge is 0.155 e. The number of fused-ring (bicyclic) bond motifs is 5. The molecule has 2 fully saturated rings. The Bertz CT molecular complexity index is 1650. The first-order chi connectivity index (χ1) is 18.4. The lowest BCUT2D eigenvalue weighted by atomic mass is 9.65. The van der Waals surface area contributed by atoms with Crippen molar-refractivity contribution in [2.75, 3.05) is 12.0 Å². The van der Waals surface area contributed by atoms with Crippen molar-refractivity contribution in [2.45, 2.75) is 51.5 Å². The number of pyridine rings is 1. The van der Waals surface area contributed by atoms with E-state index in [1.54, 1.807) is 17.9 Å². The van der Waals surface area contributed by atoms with Gasteiger partial charge in [0.25, 0.3) is 0 Å². The lowest BCUT2D eigenvalue weighted by Crippen LogP contribution is -2.44. The van der Waals surface area contributed by atoms with Crippen LogP contribution in [0, 0.1) is 35.8 Å². The van der Waals surface area contributed by atoms with Crippen molar-refractivity contribution in [3.8, 4) is 5.82 Å². The van der Waals surface area contributed by atoms with Crippen LogP contribution < -0.4 is 0 Å². The van der Waals surface area contributed by atoms with Gasteiger partial charge in [-0.1, -0.05) is 32.1 Å². The molecule has 0 saturated heterocycles. The first kappa shape index (κ1) is 25.9. The maximum atomic E-state index is 14.9. The van der Waals surface area contributed by atoms with E-state index >= 15 is 0 Å². The average Bonchev–Trinajstić information content (AvgIpc) is 3.53. The second-order valence-electron chi connectivity index (χ2n) is 11.5. The largest absolute Gasteiger partial charge is 0.233 e. The molecule has 2 unspecified atom stereocenters. The zero-order chi connectivity index (χ0) is 27.7. The van der Waals surface area contributed by atoms with Crippen molar-refractivity contribution in [3.05, 3.63) is 77.0 Å². The summed E-state index contributed by atoms with van der Waals surface area (Å²) in [7, 11) is -3.13. The Hall–Kier alpha value is -3.34. The number of nitrogens with zero attached hydrogens (tertiary/aromatic N) is 6. The summed E-state index contributed by atoms with van der Waals surface area (Å²) < 4.78 is 54.3. The molecule has 39 heavy (non-hydrogen) atoms. The minimum absolute atomic E-state index is 0.0247. The molecule has 0 N–H and O–H groups in total. The van der Waals surface area contributed by atoms with Crippen LogP contribution in [0.3, 0.4) is 0 Å². The molecule has 11 heteroatoms. The van der Waals surface area contributed by atoms with Crippen molar-refractivity contribution in [2.24, 2.45) is 27.5 Å². The van der Waals surface area contributed by atoms with E-state index in [4.69, 9.17) is 10.1 Å². The number of rotatable bonds is 6. The van der Waals surface area contributed by atoms with E-state index in [1.807, 2.05) is 24.3 Å². The molecular formula is C28H30F2N6O2S. The Morgan fingerprint density at radius 1 is 1.15 bits per heavy atom. The van der Waals surface area contributed by atoms with Gasteiger partial charge in [0.2, 0.25) is 0 Å². The molecule has 3 aliphatic rings. The van der Waals surface area contributed by atoms with Gasteiger partial charge in [0.15, 0.2) is 11.6 Å². The van der Waals surface area contributed by atoms with Crippen molar-refractivity contribution in [3.63, 3.8) is 0 Å². The number of hydrogen-bond donors (Lipinski definition) is 0. The quantitative estimate of drug-likeness (QED) is 0.428. The zero-order valence-electron chi connectivity index (χ0n) is 22.3. The van der Waals surface area contributed by atoms with Crippen LogP contribution >= 0.6 is 0 Å². The van der Waals surface area contributed by atoms with E-state index in [0.717, 1.165) is 18.5 Å². The first-order valence-corrected chi connectivity index (χ1v) is 15.1. The normalized spacial score (nSPS) is 27.0. The van der Waals surface area contributed by atoms with Crippen LogP contribution in [-0.4, -0.2) is 46.2 Å². The highest BCUT2D eigenvalue weighted by molar-refractivity contribution is 7.90. The van der Waals surface area contributed by atoms with E-state index in [2.05, 4.69) is 29.0 Å². The second-order valence-corrected chi connectivity index (χ2v) is 13.8. The summed E-state index contributed by atoms with van der Waals surface area (Å²) in [6.07, 6.45) is 6.69. The lowest BCUT2D eigenvalue weighted by Gasteiger charge is -2.41. The minimum Gasteiger partial charge on any atom is -0.233 e. The van der Waals surface area contributed by atoms with Gasteiger partial charge in [-0.2, -0.15) is 10.2 Å². The van der Waals surface area contributed by atoms with Gasteiger partial charge in [-0.05, 0) is 54.9 Å². The molecule has 2 aliphatic carbocycles. The molecule has 3 heterocycles. The fourth-order valence-electron chi connectivity index (χ4n) is 7.10. The predicted molar refractivity (Wildman–Crippen MR) is 142 cm³/mol. The van der Waals surface area contributed by atoms with E-state index < -0.39 is 26.9 Å². The van der Waals surface area contributed by atoms with Crippen LogP contribution in [0.4, 0.5) is 8.78 Å². The highest BCUT2D eigenvalue weighted by Gasteiger charge is 2.70. The van der Waals surface area contributed by atoms with Gasteiger partial charge in [0, 0.05) is 24.0 Å². The summed E-state index contributed by atoms with van der Waals surface area (Å²) in [6.45, 7) is 6.07. The Morgan fingerprint density at radius 2 is 1.95 bits per heavy atom. The molecule has 204 valence electrons. The fraction of sp³-hybridized carbons (Fsp3) is 0.464. The minimum atomic E-state index is -3.13. The van der Waals surface area contributed by atoms with Crippen LogP contribution in [-0.2, 0) is 21.7 Å². The van der Waals surface area contributed by atoms with Crippen molar-refractivity contribution in [1.29, 1.82) is 0 Å². The van der Waals surface area contributed by atoms with Crippen LogP contribution in [0.2, 0.25) is 0 Å². The number of aromatic nitrogens is 4. The van der Waals surface area contributed by atoms with Gasteiger partial charge >= 0.3 is 0 Å². The van der Waals surface area contributed by atoms with Crippen LogP contribution in [0.1, 0.15) is 49.3 Å². The molecule has 3 aromatic rings. The monoisotopic (exact) mass is 552 g/mol. The maximum Gasteiger partial charge on any atom is 0.155 e. The SMILES string of the molecule is Cc1ccc(F)c(C2=CC3C(N=N2)[C@@]2(c4cccc(-n5cnc(CCS(C)(=O)=O)n5)n4)CC[C@@H]3C2(C)C)c1F. The Labute approximate surface area is 226 Å². The first-order valence-electron chi connectivity index (χ1n) is 13.1. The van der Waals surface area contributed by atoms with E-state index in [0.29, 0.717) is 17.2 Å². The van der Waals surface area contributed by atoms with Crippen molar-refractivity contribution < 1.29 is 17.2 Å². The molecule has 1 aliphatic heterocycles. The number of azo groups is 1. The van der Waals surface area contributed by atoms with Gasteiger partial charge in [0.1, 0.15) is 27.8 Å².